The van der Waals surface area contributed by atoms with Crippen molar-refractivity contribution in [3.8, 4) is 5.75 Å². The average Bonchev–Trinajstić information content (AvgIpc) is 2.64. The number of carbonyl (C=O) groups excluding carboxylic acids is 1. The van der Waals surface area contributed by atoms with Crippen molar-refractivity contribution < 1.29 is 9.90 Å². The van der Waals surface area contributed by atoms with E-state index in [0.29, 0.717) is 49.0 Å². The van der Waals surface area contributed by atoms with Gasteiger partial charge in [0.25, 0.3) is 0 Å². The summed E-state index contributed by atoms with van der Waals surface area (Å²) in [4.78, 5) is 29.5. The van der Waals surface area contributed by atoms with E-state index in [1.165, 1.54) is 0 Å². The third-order valence-electron chi connectivity index (χ3n) is 4.75. The molecule has 0 atom stereocenters. The van der Waals surface area contributed by atoms with Gasteiger partial charge in [0.2, 0.25) is 5.91 Å². The van der Waals surface area contributed by atoms with Crippen LogP contribution in [-0.2, 0) is 4.79 Å². The number of hydrogen-bond acceptors (Lipinski definition) is 6. The van der Waals surface area contributed by atoms with Gasteiger partial charge in [0.15, 0.2) is 5.82 Å². The van der Waals surface area contributed by atoms with Gasteiger partial charge in [0.1, 0.15) is 17.3 Å². The number of carbonyl (C=O) groups is 1. The molecule has 7 nitrogen and oxygen atoms in total. The largest absolute Gasteiger partial charge is 0.507 e. The molecule has 1 aliphatic rings. The molecule has 1 fully saturated rings. The molecular weight excluding hydrogens is 342 g/mol. The van der Waals surface area contributed by atoms with Crippen molar-refractivity contribution in [3.63, 3.8) is 0 Å². The van der Waals surface area contributed by atoms with Crippen LogP contribution < -0.4 is 4.90 Å². The highest BCUT2D eigenvalue weighted by Crippen LogP contribution is 2.31. The lowest BCUT2D eigenvalue weighted by Gasteiger charge is -2.35. The second kappa shape index (κ2) is 7.73. The van der Waals surface area contributed by atoms with Gasteiger partial charge in [0.05, 0.1) is 5.69 Å². The SMILES string of the molecule is CC(=O)N1CCN(c2nc(C)nc(C)c2N=C(C)c2ccccc2O)CC1. The Morgan fingerprint density at radius 2 is 1.74 bits per heavy atom. The Morgan fingerprint density at radius 1 is 1.07 bits per heavy atom. The highest BCUT2D eigenvalue weighted by molar-refractivity contribution is 6.03. The number of aliphatic imine (C=N–C) groups is 1. The normalized spacial score (nSPS) is 15.2. The van der Waals surface area contributed by atoms with Crippen molar-refractivity contribution in [2.75, 3.05) is 31.1 Å². The van der Waals surface area contributed by atoms with Crippen LogP contribution in [0, 0.1) is 13.8 Å². The molecule has 0 saturated carbocycles. The Morgan fingerprint density at radius 3 is 2.37 bits per heavy atom. The van der Waals surface area contributed by atoms with Gasteiger partial charge in [-0.15, -0.1) is 0 Å². The highest BCUT2D eigenvalue weighted by atomic mass is 16.3. The Labute approximate surface area is 159 Å². The average molecular weight is 367 g/mol. The smallest absolute Gasteiger partial charge is 0.219 e. The first-order valence-electron chi connectivity index (χ1n) is 9.06. The molecule has 1 saturated heterocycles. The van der Waals surface area contributed by atoms with E-state index in [1.54, 1.807) is 19.1 Å². The molecule has 1 aromatic carbocycles. The van der Waals surface area contributed by atoms with Gasteiger partial charge in [0, 0.05) is 44.4 Å². The number of nitrogens with zero attached hydrogens (tertiary/aromatic N) is 5. The van der Waals surface area contributed by atoms with Gasteiger partial charge in [-0.1, -0.05) is 12.1 Å². The minimum absolute atomic E-state index is 0.0957. The number of aromatic hydroxyl groups is 1. The zero-order valence-electron chi connectivity index (χ0n) is 16.2. The Kier molecular flexibility index (Phi) is 5.39. The minimum Gasteiger partial charge on any atom is -0.507 e. The summed E-state index contributed by atoms with van der Waals surface area (Å²) in [6.45, 7) is 9.98. The van der Waals surface area contributed by atoms with Gasteiger partial charge >= 0.3 is 0 Å². The van der Waals surface area contributed by atoms with Crippen molar-refractivity contribution >= 4 is 23.1 Å². The first-order chi connectivity index (χ1) is 12.9. The number of rotatable bonds is 3. The summed E-state index contributed by atoms with van der Waals surface area (Å²) in [6.07, 6.45) is 0. The molecule has 2 aromatic rings. The van der Waals surface area contributed by atoms with Crippen molar-refractivity contribution in [1.82, 2.24) is 14.9 Å². The number of para-hydroxylation sites is 1. The van der Waals surface area contributed by atoms with Crippen LogP contribution in [0.4, 0.5) is 11.5 Å². The van der Waals surface area contributed by atoms with Crippen LogP contribution in [0.1, 0.15) is 30.9 Å². The molecule has 7 heteroatoms. The molecule has 2 heterocycles. The third kappa shape index (κ3) is 4.07. The lowest BCUT2D eigenvalue weighted by atomic mass is 10.1. The first-order valence-corrected chi connectivity index (χ1v) is 9.06. The number of hydrogen-bond donors (Lipinski definition) is 1. The second-order valence-electron chi connectivity index (χ2n) is 6.74. The fourth-order valence-electron chi connectivity index (χ4n) is 3.28. The summed E-state index contributed by atoms with van der Waals surface area (Å²) < 4.78 is 0. The summed E-state index contributed by atoms with van der Waals surface area (Å²) >= 11 is 0. The van der Waals surface area contributed by atoms with Crippen LogP contribution in [0.25, 0.3) is 0 Å². The fourth-order valence-corrected chi connectivity index (χ4v) is 3.28. The topological polar surface area (TPSA) is 81.9 Å². The van der Waals surface area contributed by atoms with E-state index in [1.807, 2.05) is 37.8 Å². The van der Waals surface area contributed by atoms with E-state index in [9.17, 15) is 9.90 Å². The van der Waals surface area contributed by atoms with Gasteiger partial charge < -0.3 is 14.9 Å². The standard InChI is InChI=1S/C20H25N5O2/c1-13(17-7-5-6-8-18(17)27)22-19-14(2)21-15(3)23-20(19)25-11-9-24(10-12-25)16(4)26/h5-8,27H,9-12H2,1-4H3. The van der Waals surface area contributed by atoms with Gasteiger partial charge in [-0.25, -0.2) is 15.0 Å². The maximum Gasteiger partial charge on any atom is 0.219 e. The van der Waals surface area contributed by atoms with Crippen molar-refractivity contribution in [2.24, 2.45) is 4.99 Å². The Hall–Kier alpha value is -2.96. The molecule has 1 aromatic heterocycles. The zero-order chi connectivity index (χ0) is 19.6. The van der Waals surface area contributed by atoms with E-state index in [-0.39, 0.29) is 11.7 Å². The first kappa shape index (κ1) is 18.8. The number of anilines is 1. The molecule has 3 rings (SSSR count). The molecule has 0 spiro atoms. The minimum atomic E-state index is 0.0957. The van der Waals surface area contributed by atoms with E-state index in [2.05, 4.69) is 14.9 Å². The van der Waals surface area contributed by atoms with Crippen LogP contribution in [-0.4, -0.2) is 57.8 Å². The maximum absolute atomic E-state index is 11.6. The third-order valence-corrected chi connectivity index (χ3v) is 4.75. The van der Waals surface area contributed by atoms with Crippen LogP contribution in [0.3, 0.4) is 0 Å². The molecule has 1 N–H and O–H groups in total. The summed E-state index contributed by atoms with van der Waals surface area (Å²) in [6, 6.07) is 7.14. The summed E-state index contributed by atoms with van der Waals surface area (Å²) in [5.74, 6) is 1.76. The van der Waals surface area contributed by atoms with Crippen LogP contribution >= 0.6 is 0 Å². The summed E-state index contributed by atoms with van der Waals surface area (Å²) in [7, 11) is 0. The van der Waals surface area contributed by atoms with Gasteiger partial charge in [-0.3, -0.25) is 4.79 Å². The number of benzene rings is 1. The van der Waals surface area contributed by atoms with Crippen LogP contribution in [0.2, 0.25) is 0 Å². The zero-order valence-corrected chi connectivity index (χ0v) is 16.2. The second-order valence-corrected chi connectivity index (χ2v) is 6.74. The van der Waals surface area contributed by atoms with Crippen molar-refractivity contribution in [2.45, 2.75) is 27.7 Å². The molecule has 1 aliphatic heterocycles. The summed E-state index contributed by atoms with van der Waals surface area (Å²) in [5.41, 5.74) is 2.89. The van der Waals surface area contributed by atoms with Gasteiger partial charge in [-0.05, 0) is 32.9 Å². The molecule has 27 heavy (non-hydrogen) atoms. The van der Waals surface area contributed by atoms with Gasteiger partial charge in [-0.2, -0.15) is 0 Å². The predicted octanol–water partition coefficient (Wildman–Crippen LogP) is 2.61. The lowest BCUT2D eigenvalue weighted by molar-refractivity contribution is -0.129. The van der Waals surface area contributed by atoms with Crippen molar-refractivity contribution in [3.05, 3.63) is 41.3 Å². The number of amides is 1. The fraction of sp³-hybridized carbons (Fsp3) is 0.400. The predicted molar refractivity (Wildman–Crippen MR) is 106 cm³/mol. The van der Waals surface area contributed by atoms with E-state index < -0.39 is 0 Å². The lowest BCUT2D eigenvalue weighted by Crippen LogP contribution is -2.48. The Bertz CT molecular complexity index is 886. The van der Waals surface area contributed by atoms with Crippen LogP contribution in [0.5, 0.6) is 5.75 Å². The number of phenolic OH excluding ortho intramolecular Hbond substituents is 1. The number of aryl methyl sites for hydroxylation is 2. The van der Waals surface area contributed by atoms with E-state index >= 15 is 0 Å². The molecule has 1 amide bonds. The molecular formula is C20H25N5O2. The Balaban J connectivity index is 1.98. The highest BCUT2D eigenvalue weighted by Gasteiger charge is 2.23. The maximum atomic E-state index is 11.6. The quantitative estimate of drug-likeness (QED) is 0.844. The van der Waals surface area contributed by atoms with Crippen molar-refractivity contribution in [1.29, 1.82) is 0 Å². The molecule has 0 radical (unpaired) electrons. The van der Waals surface area contributed by atoms with E-state index in [4.69, 9.17) is 4.99 Å². The monoisotopic (exact) mass is 367 g/mol. The van der Waals surface area contributed by atoms with E-state index in [0.717, 1.165) is 11.5 Å². The number of phenols is 1. The molecule has 0 unspecified atom stereocenters. The molecule has 142 valence electrons. The molecule has 0 bridgehead atoms. The molecule has 0 aliphatic carbocycles. The van der Waals surface area contributed by atoms with Crippen LogP contribution in [0.15, 0.2) is 29.3 Å². The number of aromatic nitrogens is 2. The number of piperazine rings is 1. The summed E-state index contributed by atoms with van der Waals surface area (Å²) in [5, 5.41) is 10.1.